The highest BCUT2D eigenvalue weighted by atomic mass is 35.5. The van der Waals surface area contributed by atoms with Crippen molar-refractivity contribution in [2.75, 3.05) is 0 Å². The van der Waals surface area contributed by atoms with Crippen molar-refractivity contribution >= 4 is 17.3 Å². The van der Waals surface area contributed by atoms with Crippen LogP contribution in [0.3, 0.4) is 0 Å². The van der Waals surface area contributed by atoms with E-state index in [0.29, 0.717) is 5.56 Å². The van der Waals surface area contributed by atoms with Gasteiger partial charge in [0, 0.05) is 18.1 Å². The molecular weight excluding hydrogens is 280 g/mol. The van der Waals surface area contributed by atoms with Crippen LogP contribution in [0.2, 0.25) is 0 Å². The number of nitro groups is 1. The number of aryl methyl sites for hydroxylation is 1. The van der Waals surface area contributed by atoms with Crippen LogP contribution in [0.4, 0.5) is 5.69 Å². The Balaban J connectivity index is 2.21. The molecule has 0 atom stereocenters. The summed E-state index contributed by atoms with van der Waals surface area (Å²) in [6.45, 7) is 2.10. The van der Waals surface area contributed by atoms with Gasteiger partial charge in [0.25, 0.3) is 0 Å². The predicted molar refractivity (Wildman–Crippen MR) is 76.0 cm³/mol. The average Bonchev–Trinajstić information content (AvgIpc) is 2.46. The Bertz CT molecular complexity index is 632. The van der Waals surface area contributed by atoms with E-state index in [2.05, 4.69) is 4.98 Å². The van der Waals surface area contributed by atoms with Crippen LogP contribution >= 0.6 is 11.6 Å². The number of ether oxygens (including phenoxy) is 1. The van der Waals surface area contributed by atoms with Gasteiger partial charge in [0.05, 0.1) is 10.6 Å². The molecule has 0 radical (unpaired) electrons. The van der Waals surface area contributed by atoms with Gasteiger partial charge in [-0.3, -0.25) is 15.1 Å². The molecule has 0 saturated heterocycles. The van der Waals surface area contributed by atoms with Gasteiger partial charge in [0.15, 0.2) is 5.75 Å². The Hall–Kier alpha value is -2.14. The summed E-state index contributed by atoms with van der Waals surface area (Å²) in [7, 11) is 0. The minimum atomic E-state index is -0.476. The van der Waals surface area contributed by atoms with E-state index in [1.165, 1.54) is 6.07 Å². The van der Waals surface area contributed by atoms with Crippen molar-refractivity contribution in [1.82, 2.24) is 4.98 Å². The zero-order chi connectivity index (χ0) is 14.5. The molecule has 1 aromatic heterocycles. The van der Waals surface area contributed by atoms with E-state index in [1.807, 2.05) is 19.1 Å². The standard InChI is InChI=1S/C14H13ClN2O3/c1-10-3-2-6-16-12(10)9-20-14-5-4-11(8-15)7-13(14)17(18)19/h2-7H,8-9H2,1H3. The van der Waals surface area contributed by atoms with Crippen LogP contribution in [0.5, 0.6) is 5.75 Å². The molecule has 0 aliphatic rings. The molecule has 0 spiro atoms. The first kappa shape index (κ1) is 14.3. The number of rotatable bonds is 5. The number of nitro benzene ring substituents is 1. The van der Waals surface area contributed by atoms with Crippen molar-refractivity contribution in [3.05, 3.63) is 63.5 Å². The zero-order valence-electron chi connectivity index (χ0n) is 10.9. The molecule has 2 aromatic rings. The maximum Gasteiger partial charge on any atom is 0.311 e. The van der Waals surface area contributed by atoms with E-state index in [9.17, 15) is 10.1 Å². The lowest BCUT2D eigenvalue weighted by molar-refractivity contribution is -0.386. The molecule has 1 aromatic carbocycles. The largest absolute Gasteiger partial charge is 0.480 e. The van der Waals surface area contributed by atoms with Crippen LogP contribution in [0.15, 0.2) is 36.5 Å². The summed E-state index contributed by atoms with van der Waals surface area (Å²) in [4.78, 5) is 14.7. The summed E-state index contributed by atoms with van der Waals surface area (Å²) in [6, 6.07) is 8.44. The lowest BCUT2D eigenvalue weighted by Crippen LogP contribution is -2.02. The number of pyridine rings is 1. The maximum atomic E-state index is 11.0. The van der Waals surface area contributed by atoms with Gasteiger partial charge in [-0.1, -0.05) is 12.1 Å². The van der Waals surface area contributed by atoms with Gasteiger partial charge in [0.1, 0.15) is 6.61 Å². The van der Waals surface area contributed by atoms with E-state index >= 15 is 0 Å². The molecule has 104 valence electrons. The molecule has 0 unspecified atom stereocenters. The van der Waals surface area contributed by atoms with E-state index in [1.54, 1.807) is 18.3 Å². The molecule has 5 nitrogen and oxygen atoms in total. The SMILES string of the molecule is Cc1cccnc1COc1ccc(CCl)cc1[N+](=O)[O-]. The highest BCUT2D eigenvalue weighted by Gasteiger charge is 2.16. The van der Waals surface area contributed by atoms with Gasteiger partial charge in [-0.25, -0.2) is 0 Å². The number of hydrogen-bond donors (Lipinski definition) is 0. The van der Waals surface area contributed by atoms with E-state index in [-0.39, 0.29) is 23.9 Å². The second-order valence-electron chi connectivity index (χ2n) is 4.25. The molecule has 6 heteroatoms. The minimum absolute atomic E-state index is 0.0864. The number of aromatic nitrogens is 1. The van der Waals surface area contributed by atoms with Gasteiger partial charge in [0.2, 0.25) is 0 Å². The van der Waals surface area contributed by atoms with Crippen molar-refractivity contribution in [2.24, 2.45) is 0 Å². The van der Waals surface area contributed by atoms with Gasteiger partial charge in [-0.15, -0.1) is 11.6 Å². The summed E-state index contributed by atoms with van der Waals surface area (Å²) in [6.07, 6.45) is 1.66. The third kappa shape index (κ3) is 3.24. The normalized spacial score (nSPS) is 10.3. The first-order valence-electron chi connectivity index (χ1n) is 5.98. The van der Waals surface area contributed by atoms with Gasteiger partial charge >= 0.3 is 5.69 Å². The van der Waals surface area contributed by atoms with Crippen molar-refractivity contribution < 1.29 is 9.66 Å². The van der Waals surface area contributed by atoms with Crippen LogP contribution in [-0.2, 0) is 12.5 Å². The number of nitrogens with zero attached hydrogens (tertiary/aromatic N) is 2. The molecule has 2 rings (SSSR count). The summed E-state index contributed by atoms with van der Waals surface area (Å²) in [5.74, 6) is 0.439. The Morgan fingerprint density at radius 1 is 1.40 bits per heavy atom. The molecule has 0 aliphatic carbocycles. The molecule has 20 heavy (non-hydrogen) atoms. The molecule has 0 saturated carbocycles. The molecule has 1 heterocycles. The van der Waals surface area contributed by atoms with Crippen LogP contribution < -0.4 is 4.74 Å². The highest BCUT2D eigenvalue weighted by molar-refractivity contribution is 6.17. The van der Waals surface area contributed by atoms with Crippen LogP contribution in [-0.4, -0.2) is 9.91 Å². The van der Waals surface area contributed by atoms with Crippen molar-refractivity contribution in [1.29, 1.82) is 0 Å². The van der Waals surface area contributed by atoms with Crippen LogP contribution in [0.25, 0.3) is 0 Å². The predicted octanol–water partition coefficient (Wildman–Crippen LogP) is 3.62. The zero-order valence-corrected chi connectivity index (χ0v) is 11.6. The second kappa shape index (κ2) is 6.34. The van der Waals surface area contributed by atoms with Crippen LogP contribution in [0, 0.1) is 17.0 Å². The first-order valence-corrected chi connectivity index (χ1v) is 6.52. The maximum absolute atomic E-state index is 11.0. The Kier molecular flexibility index (Phi) is 4.53. The summed E-state index contributed by atoms with van der Waals surface area (Å²) >= 11 is 5.68. The van der Waals surface area contributed by atoms with Gasteiger partial charge in [-0.2, -0.15) is 0 Å². The summed E-state index contributed by atoms with van der Waals surface area (Å²) in [5, 5.41) is 11.0. The number of benzene rings is 1. The summed E-state index contributed by atoms with van der Waals surface area (Å²) < 4.78 is 5.52. The fraction of sp³-hybridized carbons (Fsp3) is 0.214. The van der Waals surface area contributed by atoms with E-state index < -0.39 is 4.92 Å². The van der Waals surface area contributed by atoms with Gasteiger partial charge < -0.3 is 4.74 Å². The van der Waals surface area contributed by atoms with Crippen molar-refractivity contribution in [3.63, 3.8) is 0 Å². The number of alkyl halides is 1. The number of hydrogen-bond acceptors (Lipinski definition) is 4. The Labute approximate surface area is 121 Å². The molecule has 0 N–H and O–H groups in total. The average molecular weight is 293 g/mol. The van der Waals surface area contributed by atoms with E-state index in [4.69, 9.17) is 16.3 Å². The fourth-order valence-electron chi connectivity index (χ4n) is 1.73. The van der Waals surface area contributed by atoms with Crippen molar-refractivity contribution in [2.45, 2.75) is 19.4 Å². The topological polar surface area (TPSA) is 65.3 Å². The molecule has 0 amide bonds. The minimum Gasteiger partial charge on any atom is -0.480 e. The van der Waals surface area contributed by atoms with E-state index in [0.717, 1.165) is 11.3 Å². The Morgan fingerprint density at radius 2 is 2.20 bits per heavy atom. The monoisotopic (exact) mass is 292 g/mol. The second-order valence-corrected chi connectivity index (χ2v) is 4.52. The smallest absolute Gasteiger partial charge is 0.311 e. The lowest BCUT2D eigenvalue weighted by Gasteiger charge is -2.08. The van der Waals surface area contributed by atoms with Crippen molar-refractivity contribution in [3.8, 4) is 5.75 Å². The molecular formula is C14H13ClN2O3. The lowest BCUT2D eigenvalue weighted by atomic mass is 10.2. The van der Waals surface area contributed by atoms with Crippen LogP contribution in [0.1, 0.15) is 16.8 Å². The van der Waals surface area contributed by atoms with Gasteiger partial charge in [-0.05, 0) is 30.2 Å². The fourth-order valence-corrected chi connectivity index (χ4v) is 1.89. The quantitative estimate of drug-likeness (QED) is 0.479. The first-order chi connectivity index (χ1) is 9.61. The Morgan fingerprint density at radius 3 is 2.85 bits per heavy atom. The molecule has 0 aliphatic heterocycles. The summed E-state index contributed by atoms with van der Waals surface area (Å²) in [5.41, 5.74) is 2.33. The molecule has 0 fully saturated rings. The third-order valence-electron chi connectivity index (χ3n) is 2.86. The third-order valence-corrected chi connectivity index (χ3v) is 3.17. The number of halogens is 1. The highest BCUT2D eigenvalue weighted by Crippen LogP contribution is 2.29. The molecule has 0 bridgehead atoms.